The predicted molar refractivity (Wildman–Crippen MR) is 119 cm³/mol. The largest absolute Gasteiger partial charge is 0.479 e. The van der Waals surface area contributed by atoms with Crippen molar-refractivity contribution in [3.63, 3.8) is 0 Å². The zero-order valence-electron chi connectivity index (χ0n) is 17.9. The quantitative estimate of drug-likeness (QED) is 0.127. The van der Waals surface area contributed by atoms with Gasteiger partial charge in [-0.25, -0.2) is 13.2 Å². The summed E-state index contributed by atoms with van der Waals surface area (Å²) in [6, 6.07) is 15.0. The number of furan rings is 1. The maximum absolute atomic E-state index is 13.8. The van der Waals surface area contributed by atoms with Crippen LogP contribution in [-0.4, -0.2) is 11.7 Å². The number of carbonyl (C=O) groups excluding carboxylic acids is 2. The fourth-order valence-electron chi connectivity index (χ4n) is 3.17. The molecule has 3 aromatic carbocycles. The van der Waals surface area contributed by atoms with E-state index in [-0.39, 0.29) is 27.8 Å². The minimum atomic E-state index is -2.32. The van der Waals surface area contributed by atoms with E-state index in [1.165, 1.54) is 30.3 Å². The minimum absolute atomic E-state index is 0.114. The van der Waals surface area contributed by atoms with E-state index in [1.54, 1.807) is 30.3 Å². The van der Waals surface area contributed by atoms with Crippen LogP contribution in [-0.2, 0) is 6.61 Å². The molecule has 0 aliphatic rings. The van der Waals surface area contributed by atoms with Gasteiger partial charge >= 0.3 is 0 Å². The van der Waals surface area contributed by atoms with Gasteiger partial charge in [0.2, 0.25) is 29.1 Å². The Morgan fingerprint density at radius 2 is 1.47 bits per heavy atom. The second kappa shape index (κ2) is 10.2. The summed E-state index contributed by atoms with van der Waals surface area (Å²) in [7, 11) is 0. The minimum Gasteiger partial charge on any atom is -0.479 e. The monoisotopic (exact) mass is 521 g/mol. The van der Waals surface area contributed by atoms with Gasteiger partial charge in [0, 0.05) is 16.1 Å². The Bertz CT molecular complexity index is 1440. The Labute approximate surface area is 205 Å². The Hall–Kier alpha value is -4.18. The van der Waals surface area contributed by atoms with E-state index < -0.39 is 53.1 Å². The highest BCUT2D eigenvalue weighted by molar-refractivity contribution is 6.31. The molecule has 1 amide bonds. The van der Waals surface area contributed by atoms with Gasteiger partial charge in [-0.3, -0.25) is 9.59 Å². The van der Waals surface area contributed by atoms with Crippen molar-refractivity contribution in [2.75, 3.05) is 5.32 Å². The van der Waals surface area contributed by atoms with Gasteiger partial charge in [-0.1, -0.05) is 41.9 Å². The first-order valence-electron chi connectivity index (χ1n) is 10.1. The predicted octanol–water partition coefficient (Wildman–Crippen LogP) is 6.69. The number of benzene rings is 3. The van der Waals surface area contributed by atoms with E-state index in [0.717, 1.165) is 0 Å². The first-order valence-corrected chi connectivity index (χ1v) is 10.5. The van der Waals surface area contributed by atoms with Crippen molar-refractivity contribution in [2.45, 2.75) is 6.61 Å². The number of amides is 1. The molecule has 0 saturated heterocycles. The second-order valence-electron chi connectivity index (χ2n) is 7.29. The highest BCUT2D eigenvalue weighted by Crippen LogP contribution is 2.30. The Balaban J connectivity index is 1.51. The average molecular weight is 522 g/mol. The lowest BCUT2D eigenvalue weighted by molar-refractivity contribution is 0.0992. The highest BCUT2D eigenvalue weighted by atomic mass is 35.5. The van der Waals surface area contributed by atoms with Crippen LogP contribution >= 0.6 is 11.6 Å². The van der Waals surface area contributed by atoms with Crippen molar-refractivity contribution in [1.82, 2.24) is 0 Å². The van der Waals surface area contributed by atoms with E-state index in [9.17, 15) is 31.5 Å². The number of hydrogen-bond donors (Lipinski definition) is 1. The molecule has 1 heterocycles. The van der Waals surface area contributed by atoms with E-state index in [2.05, 4.69) is 5.32 Å². The number of carbonyl (C=O) groups is 2. The molecule has 0 aliphatic carbocycles. The normalized spacial score (nSPS) is 10.8. The van der Waals surface area contributed by atoms with Gasteiger partial charge in [-0.05, 0) is 30.3 Å². The molecule has 0 saturated carbocycles. The van der Waals surface area contributed by atoms with Crippen LogP contribution in [0.25, 0.3) is 0 Å². The number of ketones is 1. The fraction of sp³-hybridized carbons (Fsp3) is 0.0400. The van der Waals surface area contributed by atoms with Gasteiger partial charge in [-0.2, -0.15) is 8.78 Å². The smallest absolute Gasteiger partial charge is 0.291 e. The molecule has 1 aromatic heterocycles. The van der Waals surface area contributed by atoms with Crippen molar-refractivity contribution in [2.24, 2.45) is 0 Å². The molecule has 1 N–H and O–H groups in total. The Kier molecular flexibility index (Phi) is 7.07. The van der Waals surface area contributed by atoms with Crippen LogP contribution in [0.1, 0.15) is 32.2 Å². The van der Waals surface area contributed by atoms with E-state index in [4.69, 9.17) is 20.8 Å². The van der Waals surface area contributed by atoms with Gasteiger partial charge in [-0.15, -0.1) is 0 Å². The van der Waals surface area contributed by atoms with E-state index >= 15 is 0 Å². The zero-order valence-corrected chi connectivity index (χ0v) is 18.6. The summed E-state index contributed by atoms with van der Waals surface area (Å²) in [4.78, 5) is 25.6. The molecular formula is C25H13ClF5NO4. The van der Waals surface area contributed by atoms with Crippen LogP contribution in [0.3, 0.4) is 0 Å². The summed E-state index contributed by atoms with van der Waals surface area (Å²) >= 11 is 6.02. The lowest BCUT2D eigenvalue weighted by Gasteiger charge is -2.11. The van der Waals surface area contributed by atoms with Crippen molar-refractivity contribution in [3.05, 3.63) is 117 Å². The molecule has 0 aliphatic heterocycles. The summed E-state index contributed by atoms with van der Waals surface area (Å²) in [6.07, 6.45) is 0. The number of anilines is 1. The molecule has 0 spiro atoms. The summed E-state index contributed by atoms with van der Waals surface area (Å²) in [5, 5.41) is 2.78. The van der Waals surface area contributed by atoms with Crippen LogP contribution in [0.15, 0.2) is 65.1 Å². The molecular weight excluding hydrogens is 509 g/mol. The summed E-state index contributed by atoms with van der Waals surface area (Å²) in [5.41, 5.74) is 0.609. The van der Waals surface area contributed by atoms with Crippen molar-refractivity contribution in [3.8, 4) is 5.75 Å². The summed E-state index contributed by atoms with van der Waals surface area (Å²) in [6.45, 7) is -0.746. The van der Waals surface area contributed by atoms with E-state index in [1.807, 2.05) is 0 Å². The molecule has 5 nitrogen and oxygen atoms in total. The van der Waals surface area contributed by atoms with Gasteiger partial charge < -0.3 is 14.5 Å². The van der Waals surface area contributed by atoms with Crippen molar-refractivity contribution < 1.29 is 40.7 Å². The number of nitrogens with one attached hydrogen (secondary N) is 1. The van der Waals surface area contributed by atoms with Gasteiger partial charge in [0.15, 0.2) is 17.3 Å². The summed E-state index contributed by atoms with van der Waals surface area (Å²) in [5.74, 6) is -14.0. The molecule has 0 bridgehead atoms. The molecule has 11 heteroatoms. The second-order valence-corrected chi connectivity index (χ2v) is 7.73. The van der Waals surface area contributed by atoms with E-state index in [0.29, 0.717) is 5.56 Å². The molecule has 0 atom stereocenters. The van der Waals surface area contributed by atoms with Crippen LogP contribution in [0.5, 0.6) is 5.75 Å². The molecule has 4 rings (SSSR count). The molecule has 0 unspecified atom stereocenters. The molecule has 0 radical (unpaired) electrons. The Morgan fingerprint density at radius 1 is 0.833 bits per heavy atom. The average Bonchev–Trinajstić information content (AvgIpc) is 3.36. The molecule has 184 valence electrons. The molecule has 36 heavy (non-hydrogen) atoms. The zero-order chi connectivity index (χ0) is 26.0. The lowest BCUT2D eigenvalue weighted by atomic mass is 10.0. The van der Waals surface area contributed by atoms with Crippen LogP contribution in [0, 0.1) is 29.1 Å². The number of hydrogen-bond acceptors (Lipinski definition) is 4. The van der Waals surface area contributed by atoms with Gasteiger partial charge in [0.1, 0.15) is 12.4 Å². The van der Waals surface area contributed by atoms with Crippen LogP contribution in [0.4, 0.5) is 27.6 Å². The SMILES string of the molecule is O=C(Nc1ccc(Cl)cc1C(=O)c1ccccc1)c1ccc(COc2c(F)c(F)c(F)c(F)c2F)o1. The third-order valence-corrected chi connectivity index (χ3v) is 5.16. The topological polar surface area (TPSA) is 68.5 Å². The standard InChI is InChI=1S/C25H13ClF5NO4/c26-13-6-8-16(15(10-13)23(33)12-4-2-1-3-5-12)32-25(34)17-9-7-14(36-17)11-35-24-21(30)19(28)18(27)20(29)22(24)31/h1-10H,11H2,(H,32,34). The van der Waals surface area contributed by atoms with Crippen molar-refractivity contribution >= 4 is 29.0 Å². The number of halogens is 6. The molecule has 4 aromatic rings. The maximum Gasteiger partial charge on any atom is 0.291 e. The third-order valence-electron chi connectivity index (χ3n) is 4.92. The van der Waals surface area contributed by atoms with Crippen LogP contribution < -0.4 is 10.1 Å². The summed E-state index contributed by atoms with van der Waals surface area (Å²) < 4.78 is 77.3. The Morgan fingerprint density at radius 3 is 2.14 bits per heavy atom. The van der Waals surface area contributed by atoms with Gasteiger partial charge in [0.25, 0.3) is 5.91 Å². The maximum atomic E-state index is 13.8. The first-order chi connectivity index (χ1) is 17.2. The first kappa shape index (κ1) is 24.9. The van der Waals surface area contributed by atoms with Gasteiger partial charge in [0.05, 0.1) is 5.69 Å². The lowest BCUT2D eigenvalue weighted by Crippen LogP contribution is -2.14. The highest BCUT2D eigenvalue weighted by Gasteiger charge is 2.27. The fourth-order valence-corrected chi connectivity index (χ4v) is 3.35. The van der Waals surface area contributed by atoms with Crippen LogP contribution in [0.2, 0.25) is 5.02 Å². The number of ether oxygens (including phenoxy) is 1. The molecule has 0 fully saturated rings. The third kappa shape index (κ3) is 4.94. The number of rotatable bonds is 7. The van der Waals surface area contributed by atoms with Crippen molar-refractivity contribution in [1.29, 1.82) is 0 Å².